The highest BCUT2D eigenvalue weighted by atomic mass is 35.5. The average Bonchev–Trinajstić information content (AvgIpc) is 2.32. The van der Waals surface area contributed by atoms with Gasteiger partial charge in [0.1, 0.15) is 0 Å². The summed E-state index contributed by atoms with van der Waals surface area (Å²) in [5.74, 6) is -0.331. The van der Waals surface area contributed by atoms with E-state index < -0.39 is 10.4 Å². The molecule has 1 amide bonds. The SMILES string of the molecule is CC(Cl)(Cl)C(=O)N1CC[C@@H](O)C1. The second-order valence-electron chi connectivity index (χ2n) is 3.08. The molecule has 70 valence electrons. The maximum absolute atomic E-state index is 11.4. The molecule has 0 bridgehead atoms. The number of β-amino-alcohol motifs (C(OH)–C–C–N with tert-alkyl or cyclic N) is 1. The van der Waals surface area contributed by atoms with Gasteiger partial charge in [0.05, 0.1) is 6.10 Å². The molecule has 1 saturated heterocycles. The third-order valence-electron chi connectivity index (χ3n) is 1.83. The fraction of sp³-hybridized carbons (Fsp3) is 0.857. The Kier molecular flexibility index (Phi) is 2.86. The highest BCUT2D eigenvalue weighted by Crippen LogP contribution is 2.24. The Morgan fingerprint density at radius 1 is 1.67 bits per heavy atom. The van der Waals surface area contributed by atoms with Crippen molar-refractivity contribution in [2.45, 2.75) is 23.8 Å². The number of rotatable bonds is 1. The molecule has 3 nitrogen and oxygen atoms in total. The first-order valence-electron chi connectivity index (χ1n) is 3.76. The predicted octanol–water partition coefficient (Wildman–Crippen LogP) is 0.773. The zero-order chi connectivity index (χ0) is 9.35. The molecule has 0 radical (unpaired) electrons. The first-order valence-corrected chi connectivity index (χ1v) is 4.52. The largest absolute Gasteiger partial charge is 0.391 e. The Morgan fingerprint density at radius 3 is 2.58 bits per heavy atom. The lowest BCUT2D eigenvalue weighted by Gasteiger charge is -2.21. The third kappa shape index (κ3) is 2.25. The fourth-order valence-corrected chi connectivity index (χ4v) is 1.44. The van der Waals surface area contributed by atoms with Gasteiger partial charge >= 0.3 is 0 Å². The van der Waals surface area contributed by atoms with Crippen LogP contribution in [0.4, 0.5) is 0 Å². The van der Waals surface area contributed by atoms with E-state index in [1.165, 1.54) is 11.8 Å². The molecule has 1 aliphatic heterocycles. The molecule has 0 saturated carbocycles. The summed E-state index contributed by atoms with van der Waals surface area (Å²) < 4.78 is -1.37. The van der Waals surface area contributed by atoms with Crippen LogP contribution in [0.25, 0.3) is 0 Å². The summed E-state index contributed by atoms with van der Waals surface area (Å²) in [5, 5.41) is 9.13. The molecule has 0 unspecified atom stereocenters. The van der Waals surface area contributed by atoms with Crippen LogP contribution in [0.15, 0.2) is 0 Å². The van der Waals surface area contributed by atoms with E-state index in [-0.39, 0.29) is 5.91 Å². The number of aliphatic hydroxyl groups excluding tert-OH is 1. The minimum atomic E-state index is -1.37. The number of hydrogen-bond acceptors (Lipinski definition) is 2. The van der Waals surface area contributed by atoms with E-state index in [9.17, 15) is 4.79 Å². The zero-order valence-corrected chi connectivity index (χ0v) is 8.27. The normalized spacial score (nSPS) is 24.7. The van der Waals surface area contributed by atoms with Crippen molar-refractivity contribution >= 4 is 29.1 Å². The molecular formula is C7H11Cl2NO2. The lowest BCUT2D eigenvalue weighted by atomic mass is 10.3. The minimum Gasteiger partial charge on any atom is -0.391 e. The van der Waals surface area contributed by atoms with Gasteiger partial charge in [0.25, 0.3) is 5.91 Å². The zero-order valence-electron chi connectivity index (χ0n) is 6.76. The van der Waals surface area contributed by atoms with Gasteiger partial charge in [0, 0.05) is 13.1 Å². The topological polar surface area (TPSA) is 40.5 Å². The summed E-state index contributed by atoms with van der Waals surface area (Å²) in [6, 6.07) is 0. The van der Waals surface area contributed by atoms with Gasteiger partial charge in [0.2, 0.25) is 0 Å². The van der Waals surface area contributed by atoms with Gasteiger partial charge in [0.15, 0.2) is 4.33 Å². The van der Waals surface area contributed by atoms with E-state index in [1.807, 2.05) is 0 Å². The van der Waals surface area contributed by atoms with E-state index >= 15 is 0 Å². The van der Waals surface area contributed by atoms with Gasteiger partial charge in [-0.3, -0.25) is 4.79 Å². The quantitative estimate of drug-likeness (QED) is 0.652. The fourth-order valence-electron chi connectivity index (χ4n) is 1.20. The van der Waals surface area contributed by atoms with Crippen molar-refractivity contribution in [3.63, 3.8) is 0 Å². The molecule has 0 spiro atoms. The Hall–Kier alpha value is 0.01000. The number of nitrogens with zero attached hydrogens (tertiary/aromatic N) is 1. The number of aliphatic hydroxyl groups is 1. The molecule has 0 aliphatic carbocycles. The average molecular weight is 212 g/mol. The predicted molar refractivity (Wildman–Crippen MR) is 47.3 cm³/mol. The standard InChI is InChI=1S/C7H11Cl2NO2/c1-7(8,9)6(12)10-3-2-5(11)4-10/h5,11H,2-4H2,1H3/t5-/m1/s1. The molecule has 1 rings (SSSR count). The van der Waals surface area contributed by atoms with Crippen molar-refractivity contribution in [2.75, 3.05) is 13.1 Å². The van der Waals surface area contributed by atoms with E-state index in [0.717, 1.165) is 0 Å². The minimum absolute atomic E-state index is 0.331. The van der Waals surface area contributed by atoms with Crippen LogP contribution in [0.2, 0.25) is 0 Å². The highest BCUT2D eigenvalue weighted by Gasteiger charge is 2.35. The molecular weight excluding hydrogens is 201 g/mol. The Balaban J connectivity index is 2.55. The number of alkyl halides is 2. The summed E-state index contributed by atoms with van der Waals surface area (Å²) in [6.45, 7) is 2.31. The van der Waals surface area contributed by atoms with Crippen molar-refractivity contribution in [3.8, 4) is 0 Å². The van der Waals surface area contributed by atoms with Gasteiger partial charge in [-0.05, 0) is 13.3 Å². The van der Waals surface area contributed by atoms with E-state index in [0.29, 0.717) is 19.5 Å². The van der Waals surface area contributed by atoms with Crippen molar-refractivity contribution in [3.05, 3.63) is 0 Å². The molecule has 1 fully saturated rings. The summed E-state index contributed by atoms with van der Waals surface area (Å²) in [6.07, 6.45) is 0.180. The molecule has 1 heterocycles. The van der Waals surface area contributed by atoms with Gasteiger partial charge < -0.3 is 10.0 Å². The molecule has 0 aromatic carbocycles. The van der Waals surface area contributed by atoms with Gasteiger partial charge in [-0.1, -0.05) is 23.2 Å². The summed E-state index contributed by atoms with van der Waals surface area (Å²) in [5.41, 5.74) is 0. The smallest absolute Gasteiger partial charge is 0.258 e. The van der Waals surface area contributed by atoms with Crippen LogP contribution in [0, 0.1) is 0 Å². The summed E-state index contributed by atoms with van der Waals surface area (Å²) >= 11 is 11.2. The van der Waals surface area contributed by atoms with Crippen LogP contribution in [0.5, 0.6) is 0 Å². The van der Waals surface area contributed by atoms with Crippen LogP contribution in [-0.2, 0) is 4.79 Å². The van der Waals surface area contributed by atoms with Gasteiger partial charge in [-0.25, -0.2) is 0 Å². The Labute approximate surface area is 81.2 Å². The van der Waals surface area contributed by atoms with Crippen LogP contribution < -0.4 is 0 Å². The molecule has 0 aromatic heterocycles. The van der Waals surface area contributed by atoms with Crippen LogP contribution in [0.1, 0.15) is 13.3 Å². The number of halogens is 2. The number of likely N-dealkylation sites (tertiary alicyclic amines) is 1. The van der Waals surface area contributed by atoms with E-state index in [1.54, 1.807) is 0 Å². The molecule has 5 heteroatoms. The van der Waals surface area contributed by atoms with Crippen molar-refractivity contribution in [2.24, 2.45) is 0 Å². The number of carbonyl (C=O) groups excluding carboxylic acids is 1. The number of hydrogen-bond donors (Lipinski definition) is 1. The van der Waals surface area contributed by atoms with E-state index in [2.05, 4.69) is 0 Å². The van der Waals surface area contributed by atoms with Crippen molar-refractivity contribution in [1.29, 1.82) is 0 Å². The second-order valence-corrected chi connectivity index (χ2v) is 4.79. The van der Waals surface area contributed by atoms with Crippen LogP contribution in [-0.4, -0.2) is 39.4 Å². The lowest BCUT2D eigenvalue weighted by molar-refractivity contribution is -0.130. The van der Waals surface area contributed by atoms with Crippen molar-refractivity contribution < 1.29 is 9.90 Å². The monoisotopic (exact) mass is 211 g/mol. The summed E-state index contributed by atoms with van der Waals surface area (Å²) in [4.78, 5) is 12.8. The molecule has 1 N–H and O–H groups in total. The molecule has 1 atom stereocenters. The number of amides is 1. The van der Waals surface area contributed by atoms with Gasteiger partial charge in [-0.2, -0.15) is 0 Å². The van der Waals surface area contributed by atoms with Gasteiger partial charge in [-0.15, -0.1) is 0 Å². The maximum atomic E-state index is 11.4. The highest BCUT2D eigenvalue weighted by molar-refractivity contribution is 6.57. The number of carbonyl (C=O) groups is 1. The van der Waals surface area contributed by atoms with Crippen molar-refractivity contribution in [1.82, 2.24) is 4.90 Å². The summed E-state index contributed by atoms with van der Waals surface area (Å²) in [7, 11) is 0. The second kappa shape index (κ2) is 3.40. The molecule has 1 aliphatic rings. The Morgan fingerprint density at radius 2 is 2.25 bits per heavy atom. The van der Waals surface area contributed by atoms with Crippen LogP contribution >= 0.6 is 23.2 Å². The third-order valence-corrected chi connectivity index (χ3v) is 2.15. The first kappa shape index (κ1) is 10.1. The molecule has 0 aromatic rings. The maximum Gasteiger partial charge on any atom is 0.258 e. The molecule has 12 heavy (non-hydrogen) atoms. The Bertz CT molecular complexity index is 190. The lowest BCUT2D eigenvalue weighted by Crippen LogP contribution is -2.39. The van der Waals surface area contributed by atoms with Crippen LogP contribution in [0.3, 0.4) is 0 Å². The first-order chi connectivity index (χ1) is 5.41. The van der Waals surface area contributed by atoms with E-state index in [4.69, 9.17) is 28.3 Å².